The van der Waals surface area contributed by atoms with Crippen LogP contribution in [-0.2, 0) is 10.3 Å². The molecule has 7 heteroatoms. The largest absolute Gasteiger partial charge is 0.381 e. The molecule has 0 radical (unpaired) electrons. The molecule has 102 valence electrons. The monoisotopic (exact) mass is 279 g/mol. The van der Waals surface area contributed by atoms with Gasteiger partial charge in [0, 0.05) is 12.5 Å². The van der Waals surface area contributed by atoms with Crippen LogP contribution in [0.5, 0.6) is 0 Å². The number of nitrogens with two attached hydrogens (primary N) is 1. The van der Waals surface area contributed by atoms with Gasteiger partial charge in [-0.25, -0.2) is 0 Å². The molecule has 1 atom stereocenters. The number of nitrogens with zero attached hydrogens (tertiary/aromatic N) is 4. The minimum absolute atomic E-state index is 0.241. The molecule has 6 nitrogen and oxygen atoms in total. The summed E-state index contributed by atoms with van der Waals surface area (Å²) in [4.78, 5) is 0.855. The van der Waals surface area contributed by atoms with E-state index in [0.29, 0.717) is 5.92 Å². The maximum atomic E-state index is 6.47. The van der Waals surface area contributed by atoms with Gasteiger partial charge in [0.1, 0.15) is 5.01 Å². The van der Waals surface area contributed by atoms with E-state index in [1.165, 1.54) is 12.8 Å². The molecule has 1 unspecified atom stereocenters. The van der Waals surface area contributed by atoms with Crippen molar-refractivity contribution in [2.24, 2.45) is 5.73 Å². The summed E-state index contributed by atoms with van der Waals surface area (Å²) in [5.41, 5.74) is 6.23. The molecule has 1 aliphatic heterocycles. The normalized spacial score (nSPS) is 26.5. The molecule has 2 aliphatic rings. The molecule has 0 amide bonds. The third-order valence-corrected chi connectivity index (χ3v) is 5.35. The van der Waals surface area contributed by atoms with Crippen molar-refractivity contribution in [2.45, 2.75) is 43.6 Å². The molecule has 1 saturated carbocycles. The van der Waals surface area contributed by atoms with Crippen molar-refractivity contribution in [3.05, 3.63) is 10.8 Å². The van der Waals surface area contributed by atoms with Crippen LogP contribution in [0.25, 0.3) is 4.96 Å². The molecule has 2 fully saturated rings. The van der Waals surface area contributed by atoms with Crippen molar-refractivity contribution in [1.82, 2.24) is 19.8 Å². The summed E-state index contributed by atoms with van der Waals surface area (Å²) in [5.74, 6) is 1.25. The lowest BCUT2D eigenvalue weighted by atomic mass is 10.0. The average molecular weight is 279 g/mol. The third kappa shape index (κ3) is 1.79. The Morgan fingerprint density at radius 3 is 2.89 bits per heavy atom. The summed E-state index contributed by atoms with van der Waals surface area (Å²) >= 11 is 1.59. The second-order valence-electron chi connectivity index (χ2n) is 5.58. The lowest BCUT2D eigenvalue weighted by molar-refractivity contribution is 0.193. The SMILES string of the molecule is NC1(c2nn3c(C4CCOC4)nnc3s2)CCCC1. The maximum absolute atomic E-state index is 6.47. The number of fused-ring (bicyclic) bond motifs is 1. The molecular formula is C12H17N5OS. The van der Waals surface area contributed by atoms with Crippen LogP contribution in [0.3, 0.4) is 0 Å². The molecule has 0 bridgehead atoms. The van der Waals surface area contributed by atoms with Crippen LogP contribution in [0.4, 0.5) is 0 Å². The van der Waals surface area contributed by atoms with Crippen molar-refractivity contribution in [3.63, 3.8) is 0 Å². The predicted molar refractivity (Wildman–Crippen MR) is 71.2 cm³/mol. The number of rotatable bonds is 2. The lowest BCUT2D eigenvalue weighted by Gasteiger charge is -2.19. The Morgan fingerprint density at radius 2 is 2.16 bits per heavy atom. The van der Waals surface area contributed by atoms with E-state index in [9.17, 15) is 0 Å². The Morgan fingerprint density at radius 1 is 1.32 bits per heavy atom. The van der Waals surface area contributed by atoms with Gasteiger partial charge in [-0.15, -0.1) is 10.2 Å². The van der Waals surface area contributed by atoms with E-state index in [-0.39, 0.29) is 5.54 Å². The molecule has 0 aromatic carbocycles. The Hall–Kier alpha value is -1.05. The zero-order valence-electron chi connectivity index (χ0n) is 10.7. The van der Waals surface area contributed by atoms with Crippen molar-refractivity contribution in [1.29, 1.82) is 0 Å². The summed E-state index contributed by atoms with van der Waals surface area (Å²) in [6.07, 6.45) is 5.44. The van der Waals surface area contributed by atoms with Crippen LogP contribution in [0.2, 0.25) is 0 Å². The summed E-state index contributed by atoms with van der Waals surface area (Å²) in [5, 5.41) is 14.2. The number of aromatic nitrogens is 4. The third-order valence-electron chi connectivity index (χ3n) is 4.23. The van der Waals surface area contributed by atoms with Gasteiger partial charge in [0.15, 0.2) is 5.82 Å². The van der Waals surface area contributed by atoms with E-state index in [1.807, 2.05) is 4.52 Å². The van der Waals surface area contributed by atoms with Gasteiger partial charge < -0.3 is 10.5 Å². The first-order valence-electron chi connectivity index (χ1n) is 6.85. The van der Waals surface area contributed by atoms with Crippen LogP contribution >= 0.6 is 11.3 Å². The summed E-state index contributed by atoms with van der Waals surface area (Å²) in [6.45, 7) is 1.53. The predicted octanol–water partition coefficient (Wildman–Crippen LogP) is 1.42. The Balaban J connectivity index is 1.75. The van der Waals surface area contributed by atoms with Gasteiger partial charge in [0.2, 0.25) is 4.96 Å². The first-order chi connectivity index (χ1) is 9.26. The highest BCUT2D eigenvalue weighted by Crippen LogP contribution is 2.38. The van der Waals surface area contributed by atoms with Crippen molar-refractivity contribution in [3.8, 4) is 0 Å². The van der Waals surface area contributed by atoms with E-state index in [0.717, 1.165) is 48.3 Å². The van der Waals surface area contributed by atoms with Crippen LogP contribution in [0.15, 0.2) is 0 Å². The molecule has 0 spiro atoms. The van der Waals surface area contributed by atoms with Crippen LogP contribution in [0, 0.1) is 0 Å². The second-order valence-corrected chi connectivity index (χ2v) is 6.54. The van der Waals surface area contributed by atoms with Gasteiger partial charge in [-0.3, -0.25) is 0 Å². The fourth-order valence-corrected chi connectivity index (χ4v) is 4.05. The first kappa shape index (κ1) is 11.7. The molecule has 2 aromatic heterocycles. The van der Waals surface area contributed by atoms with E-state index in [1.54, 1.807) is 11.3 Å². The van der Waals surface area contributed by atoms with Crippen LogP contribution in [-0.4, -0.2) is 33.0 Å². The molecule has 1 saturated heterocycles. The van der Waals surface area contributed by atoms with Crippen molar-refractivity contribution < 1.29 is 4.74 Å². The minimum Gasteiger partial charge on any atom is -0.381 e. The second kappa shape index (κ2) is 4.22. The van der Waals surface area contributed by atoms with E-state index in [4.69, 9.17) is 15.6 Å². The zero-order chi connectivity index (χ0) is 12.9. The van der Waals surface area contributed by atoms with E-state index in [2.05, 4.69) is 10.2 Å². The molecule has 1 aliphatic carbocycles. The fourth-order valence-electron chi connectivity index (χ4n) is 3.05. The van der Waals surface area contributed by atoms with Crippen molar-refractivity contribution >= 4 is 16.3 Å². The van der Waals surface area contributed by atoms with Gasteiger partial charge in [0.25, 0.3) is 0 Å². The topological polar surface area (TPSA) is 78.3 Å². The smallest absolute Gasteiger partial charge is 0.234 e. The van der Waals surface area contributed by atoms with Gasteiger partial charge in [-0.05, 0) is 19.3 Å². The Labute approximate surface area is 115 Å². The van der Waals surface area contributed by atoms with Gasteiger partial charge in [-0.1, -0.05) is 24.2 Å². The molecule has 2 aromatic rings. The molecule has 4 rings (SSSR count). The summed E-state index contributed by atoms with van der Waals surface area (Å²) < 4.78 is 7.31. The summed E-state index contributed by atoms with van der Waals surface area (Å²) in [7, 11) is 0. The number of hydrogen-bond acceptors (Lipinski definition) is 6. The van der Waals surface area contributed by atoms with E-state index >= 15 is 0 Å². The average Bonchev–Trinajstić information content (AvgIpc) is 3.12. The van der Waals surface area contributed by atoms with Crippen molar-refractivity contribution in [2.75, 3.05) is 13.2 Å². The highest BCUT2D eigenvalue weighted by molar-refractivity contribution is 7.16. The van der Waals surface area contributed by atoms with Crippen LogP contribution in [0.1, 0.15) is 48.9 Å². The number of ether oxygens (including phenoxy) is 1. The molecule has 2 N–H and O–H groups in total. The molecule has 3 heterocycles. The standard InChI is InChI=1S/C12H17N5OS/c13-12(4-1-2-5-12)10-16-17-9(8-3-6-18-7-8)14-15-11(17)19-10/h8H,1-7,13H2. The lowest BCUT2D eigenvalue weighted by Crippen LogP contribution is -2.33. The molecule has 19 heavy (non-hydrogen) atoms. The molecular weight excluding hydrogens is 262 g/mol. The summed E-state index contributed by atoms with van der Waals surface area (Å²) in [6, 6.07) is 0. The first-order valence-corrected chi connectivity index (χ1v) is 7.67. The quantitative estimate of drug-likeness (QED) is 0.899. The van der Waals surface area contributed by atoms with Gasteiger partial charge >= 0.3 is 0 Å². The minimum atomic E-state index is -0.241. The Bertz CT molecular complexity index is 594. The van der Waals surface area contributed by atoms with Gasteiger partial charge in [-0.2, -0.15) is 9.61 Å². The maximum Gasteiger partial charge on any atom is 0.234 e. The zero-order valence-corrected chi connectivity index (χ0v) is 11.5. The van der Waals surface area contributed by atoms with E-state index < -0.39 is 0 Å². The Kier molecular flexibility index (Phi) is 2.61. The highest BCUT2D eigenvalue weighted by atomic mass is 32.1. The van der Waals surface area contributed by atoms with Gasteiger partial charge in [0.05, 0.1) is 12.1 Å². The number of hydrogen-bond donors (Lipinski definition) is 1. The van der Waals surface area contributed by atoms with Crippen LogP contribution < -0.4 is 5.73 Å². The highest BCUT2D eigenvalue weighted by Gasteiger charge is 2.36. The fraction of sp³-hybridized carbons (Fsp3) is 0.750.